The highest BCUT2D eigenvalue weighted by molar-refractivity contribution is 7.91. The zero-order valence-electron chi connectivity index (χ0n) is 10.8. The molecular weight excluding hydrogens is 270 g/mol. The fourth-order valence-corrected chi connectivity index (χ4v) is 3.46. The van der Waals surface area contributed by atoms with Gasteiger partial charge in [-0.25, -0.2) is 14.3 Å². The highest BCUT2D eigenvalue weighted by atomic mass is 32.2. The molecule has 0 amide bonds. The number of hydrogen-bond donors (Lipinski definition) is 3. The normalized spacial score (nSPS) is 21.1. The largest absolute Gasteiger partial charge is 0.350 e. The second kappa shape index (κ2) is 5.13. The Morgan fingerprint density at radius 1 is 1.26 bits per heavy atom. The van der Waals surface area contributed by atoms with Gasteiger partial charge in [-0.3, -0.25) is 5.43 Å². The van der Waals surface area contributed by atoms with Crippen LogP contribution in [0.15, 0.2) is 0 Å². The van der Waals surface area contributed by atoms with Crippen LogP contribution in [0.1, 0.15) is 6.42 Å². The van der Waals surface area contributed by atoms with Crippen molar-refractivity contribution in [1.82, 2.24) is 15.0 Å². The molecule has 0 spiro atoms. The van der Waals surface area contributed by atoms with E-state index in [1.54, 1.807) is 19.0 Å². The van der Waals surface area contributed by atoms with Crippen LogP contribution in [0.25, 0.3) is 0 Å². The lowest BCUT2D eigenvalue weighted by Gasteiger charge is -2.15. The van der Waals surface area contributed by atoms with E-state index in [4.69, 9.17) is 5.84 Å². The van der Waals surface area contributed by atoms with Gasteiger partial charge in [0.1, 0.15) is 0 Å². The summed E-state index contributed by atoms with van der Waals surface area (Å²) in [6.07, 6.45) is 0.552. The lowest BCUT2D eigenvalue weighted by molar-refractivity contribution is 0.602. The molecule has 4 N–H and O–H groups in total. The summed E-state index contributed by atoms with van der Waals surface area (Å²) in [7, 11) is 0.640. The molecule has 10 heteroatoms. The first-order valence-electron chi connectivity index (χ1n) is 5.76. The van der Waals surface area contributed by atoms with Crippen LogP contribution < -0.4 is 21.5 Å². The minimum atomic E-state index is -2.94. The van der Waals surface area contributed by atoms with Crippen LogP contribution >= 0.6 is 0 Å². The second-order valence-corrected chi connectivity index (χ2v) is 6.79. The molecule has 0 radical (unpaired) electrons. The molecule has 0 bridgehead atoms. The number of rotatable bonds is 4. The van der Waals surface area contributed by atoms with Crippen molar-refractivity contribution in [3.63, 3.8) is 0 Å². The maximum atomic E-state index is 11.4. The van der Waals surface area contributed by atoms with Gasteiger partial charge in [0, 0.05) is 20.1 Å². The van der Waals surface area contributed by atoms with E-state index in [-0.39, 0.29) is 23.5 Å². The molecule has 1 atom stereocenters. The third kappa shape index (κ3) is 3.41. The molecule has 0 saturated carbocycles. The van der Waals surface area contributed by atoms with Crippen LogP contribution in [0.5, 0.6) is 0 Å². The number of nitrogens with one attached hydrogen (secondary N) is 2. The number of nitrogens with zero attached hydrogens (tertiary/aromatic N) is 4. The fourth-order valence-electron chi connectivity index (χ4n) is 1.79. The summed E-state index contributed by atoms with van der Waals surface area (Å²) < 4.78 is 22.8. The van der Waals surface area contributed by atoms with Crippen molar-refractivity contribution >= 4 is 27.7 Å². The Morgan fingerprint density at radius 2 is 1.95 bits per heavy atom. The molecule has 2 rings (SSSR count). The number of hydrogen-bond acceptors (Lipinski definition) is 9. The van der Waals surface area contributed by atoms with Crippen LogP contribution in [0.4, 0.5) is 17.8 Å². The van der Waals surface area contributed by atoms with Gasteiger partial charge in [-0.15, -0.1) is 0 Å². The number of aromatic nitrogens is 3. The van der Waals surface area contributed by atoms with Crippen molar-refractivity contribution in [3.8, 4) is 0 Å². The Morgan fingerprint density at radius 3 is 2.47 bits per heavy atom. The quantitative estimate of drug-likeness (QED) is 0.463. The summed E-state index contributed by atoms with van der Waals surface area (Å²) >= 11 is 0. The number of anilines is 3. The van der Waals surface area contributed by atoms with Crippen molar-refractivity contribution in [2.24, 2.45) is 5.84 Å². The topological polar surface area (TPSA) is 126 Å². The van der Waals surface area contributed by atoms with Gasteiger partial charge < -0.3 is 10.2 Å². The first-order valence-corrected chi connectivity index (χ1v) is 7.59. The first kappa shape index (κ1) is 13.7. The van der Waals surface area contributed by atoms with Crippen molar-refractivity contribution in [3.05, 3.63) is 0 Å². The molecule has 0 aliphatic carbocycles. The van der Waals surface area contributed by atoms with Crippen molar-refractivity contribution in [1.29, 1.82) is 0 Å². The van der Waals surface area contributed by atoms with Gasteiger partial charge in [-0.1, -0.05) is 0 Å². The van der Waals surface area contributed by atoms with Crippen LogP contribution in [0.2, 0.25) is 0 Å². The Kier molecular flexibility index (Phi) is 3.71. The lowest BCUT2D eigenvalue weighted by atomic mass is 10.3. The number of nitrogen functional groups attached to an aromatic ring is 1. The Balaban J connectivity index is 2.18. The van der Waals surface area contributed by atoms with Crippen LogP contribution in [-0.4, -0.2) is 55.0 Å². The molecule has 1 fully saturated rings. The molecule has 0 aromatic carbocycles. The molecule has 1 aromatic heterocycles. The molecular formula is C9H17N7O2S. The molecule has 1 aromatic rings. The predicted molar refractivity (Wildman–Crippen MR) is 72.6 cm³/mol. The second-order valence-electron chi connectivity index (χ2n) is 4.57. The zero-order valence-corrected chi connectivity index (χ0v) is 11.6. The fraction of sp³-hybridized carbons (Fsp3) is 0.667. The van der Waals surface area contributed by atoms with Gasteiger partial charge in [-0.2, -0.15) is 15.0 Å². The number of sulfone groups is 1. The monoisotopic (exact) mass is 287 g/mol. The summed E-state index contributed by atoms with van der Waals surface area (Å²) in [6, 6.07) is -0.173. The van der Waals surface area contributed by atoms with E-state index >= 15 is 0 Å². The van der Waals surface area contributed by atoms with Gasteiger partial charge in [0.05, 0.1) is 11.5 Å². The Hall–Kier alpha value is -1.68. The van der Waals surface area contributed by atoms with Crippen molar-refractivity contribution in [2.75, 3.05) is 41.2 Å². The minimum absolute atomic E-state index is 0.0986. The molecule has 1 saturated heterocycles. The average Bonchev–Trinajstić information content (AvgIpc) is 2.68. The molecule has 1 aliphatic heterocycles. The molecule has 19 heavy (non-hydrogen) atoms. The van der Waals surface area contributed by atoms with Gasteiger partial charge >= 0.3 is 0 Å². The third-order valence-corrected chi connectivity index (χ3v) is 4.49. The van der Waals surface area contributed by atoms with E-state index in [1.807, 2.05) is 0 Å². The number of nitrogens with two attached hydrogens (primary N) is 1. The molecule has 1 aliphatic rings. The maximum absolute atomic E-state index is 11.4. The smallest absolute Gasteiger partial charge is 0.243 e. The van der Waals surface area contributed by atoms with Gasteiger partial charge in [0.25, 0.3) is 0 Å². The predicted octanol–water partition coefficient (Wildman–Crippen LogP) is -1.18. The highest BCUT2D eigenvalue weighted by Gasteiger charge is 2.28. The van der Waals surface area contributed by atoms with E-state index in [2.05, 4.69) is 25.7 Å². The van der Waals surface area contributed by atoms with E-state index in [9.17, 15) is 8.42 Å². The maximum Gasteiger partial charge on any atom is 0.243 e. The molecule has 2 heterocycles. The average molecular weight is 287 g/mol. The van der Waals surface area contributed by atoms with E-state index in [0.29, 0.717) is 18.3 Å². The number of hydrazine groups is 1. The Bertz CT molecular complexity index is 560. The van der Waals surface area contributed by atoms with Gasteiger partial charge in [0.15, 0.2) is 9.84 Å². The van der Waals surface area contributed by atoms with E-state index < -0.39 is 9.84 Å². The molecule has 106 valence electrons. The van der Waals surface area contributed by atoms with Gasteiger partial charge in [-0.05, 0) is 6.42 Å². The first-order chi connectivity index (χ1) is 8.89. The minimum Gasteiger partial charge on any atom is -0.350 e. The van der Waals surface area contributed by atoms with E-state index in [1.165, 1.54) is 0 Å². The standard InChI is InChI=1S/C9H17N7O2S/c1-16(2)9-13-7(12-8(14-9)15-10)11-6-3-4-19(17,18)5-6/h6H,3-5,10H2,1-2H3,(H2,11,12,13,14,15). The highest BCUT2D eigenvalue weighted by Crippen LogP contribution is 2.17. The van der Waals surface area contributed by atoms with E-state index in [0.717, 1.165) is 0 Å². The lowest BCUT2D eigenvalue weighted by Crippen LogP contribution is -2.24. The van der Waals surface area contributed by atoms with Crippen LogP contribution in [0, 0.1) is 0 Å². The summed E-state index contributed by atoms with van der Waals surface area (Å²) in [6.45, 7) is 0. The van der Waals surface area contributed by atoms with Crippen molar-refractivity contribution < 1.29 is 8.42 Å². The summed E-state index contributed by atoms with van der Waals surface area (Å²) in [5.74, 6) is 6.56. The van der Waals surface area contributed by atoms with Gasteiger partial charge in [0.2, 0.25) is 17.8 Å². The summed E-state index contributed by atoms with van der Waals surface area (Å²) in [5, 5.41) is 3.00. The van der Waals surface area contributed by atoms with Crippen LogP contribution in [0.3, 0.4) is 0 Å². The third-order valence-electron chi connectivity index (χ3n) is 2.72. The summed E-state index contributed by atoms with van der Waals surface area (Å²) in [5.41, 5.74) is 2.36. The zero-order chi connectivity index (χ0) is 14.0. The SMILES string of the molecule is CN(C)c1nc(NN)nc(NC2CCS(=O)(=O)C2)n1. The van der Waals surface area contributed by atoms with Crippen LogP contribution in [-0.2, 0) is 9.84 Å². The molecule has 9 nitrogen and oxygen atoms in total. The van der Waals surface area contributed by atoms with Crippen molar-refractivity contribution in [2.45, 2.75) is 12.5 Å². The molecule has 1 unspecified atom stereocenters. The summed E-state index contributed by atoms with van der Waals surface area (Å²) in [4.78, 5) is 14.0. The Labute approximate surface area is 111 Å².